The molecule has 1 nitrogen and oxygen atoms in total. The minimum Gasteiger partial charge on any atom is -0.490 e. The zero-order chi connectivity index (χ0) is 15.6. The van der Waals surface area contributed by atoms with Crippen LogP contribution in [-0.4, -0.2) is 6.10 Å². The van der Waals surface area contributed by atoms with Crippen molar-refractivity contribution in [2.24, 2.45) is 5.92 Å². The summed E-state index contributed by atoms with van der Waals surface area (Å²) in [5.74, 6) is 2.04. The maximum Gasteiger partial charge on any atom is 0.122 e. The van der Waals surface area contributed by atoms with E-state index in [0.29, 0.717) is 6.10 Å². The fourth-order valence-electron chi connectivity index (χ4n) is 3.15. The molecule has 22 heavy (non-hydrogen) atoms. The van der Waals surface area contributed by atoms with E-state index < -0.39 is 0 Å². The van der Waals surface area contributed by atoms with Gasteiger partial charge in [0.2, 0.25) is 0 Å². The number of rotatable bonds is 12. The lowest BCUT2D eigenvalue weighted by Gasteiger charge is -2.20. The number of aryl methyl sites for hydroxylation is 1. The topological polar surface area (TPSA) is 9.23 Å². The van der Waals surface area contributed by atoms with Gasteiger partial charge in [-0.1, -0.05) is 76.5 Å². The van der Waals surface area contributed by atoms with E-state index >= 15 is 0 Å². The van der Waals surface area contributed by atoms with Gasteiger partial charge in [-0.2, -0.15) is 0 Å². The van der Waals surface area contributed by atoms with Crippen molar-refractivity contribution >= 4 is 0 Å². The monoisotopic (exact) mass is 302 g/mol. The summed E-state index contributed by atoms with van der Waals surface area (Å²) >= 11 is 0. The Morgan fingerprint density at radius 3 is 2.36 bits per heavy atom. The van der Waals surface area contributed by atoms with Gasteiger partial charge in [-0.05, 0) is 43.7 Å². The van der Waals surface area contributed by atoms with Crippen LogP contribution >= 0.6 is 0 Å². The number of hydrogen-bond acceptors (Lipinski definition) is 1. The highest BCUT2D eigenvalue weighted by Crippen LogP contribution is 2.36. The van der Waals surface area contributed by atoms with Gasteiger partial charge in [-0.25, -0.2) is 0 Å². The van der Waals surface area contributed by atoms with E-state index in [1.807, 2.05) is 0 Å². The predicted molar refractivity (Wildman–Crippen MR) is 95.5 cm³/mol. The van der Waals surface area contributed by atoms with Crippen molar-refractivity contribution in [1.29, 1.82) is 0 Å². The van der Waals surface area contributed by atoms with Crippen molar-refractivity contribution in [3.05, 3.63) is 29.8 Å². The van der Waals surface area contributed by atoms with E-state index in [1.54, 1.807) is 0 Å². The van der Waals surface area contributed by atoms with Gasteiger partial charge in [-0.15, -0.1) is 0 Å². The normalized spacial score (nSPS) is 15.7. The summed E-state index contributed by atoms with van der Waals surface area (Å²) < 4.78 is 6.34. The van der Waals surface area contributed by atoms with Crippen LogP contribution < -0.4 is 4.74 Å². The van der Waals surface area contributed by atoms with E-state index in [0.717, 1.165) is 11.7 Å². The third-order valence-corrected chi connectivity index (χ3v) is 4.81. The van der Waals surface area contributed by atoms with Crippen LogP contribution in [-0.2, 0) is 0 Å². The summed E-state index contributed by atoms with van der Waals surface area (Å²) in [5, 5.41) is 0. The second kappa shape index (κ2) is 9.92. The maximum atomic E-state index is 6.34. The van der Waals surface area contributed by atoms with Gasteiger partial charge in [0.05, 0.1) is 6.10 Å². The molecule has 1 saturated carbocycles. The second-order valence-corrected chi connectivity index (χ2v) is 7.09. The number of benzene rings is 1. The summed E-state index contributed by atoms with van der Waals surface area (Å²) in [5.41, 5.74) is 1.27. The van der Waals surface area contributed by atoms with Crippen LogP contribution in [0, 0.1) is 12.8 Å². The molecule has 0 radical (unpaired) electrons. The van der Waals surface area contributed by atoms with Crippen LogP contribution in [0.25, 0.3) is 0 Å². The number of hydrogen-bond donors (Lipinski definition) is 0. The first-order valence-corrected chi connectivity index (χ1v) is 9.52. The molecule has 1 aromatic rings. The summed E-state index contributed by atoms with van der Waals surface area (Å²) in [6, 6.07) is 8.45. The predicted octanol–water partition coefficient (Wildman–Crippen LogP) is 6.68. The van der Waals surface area contributed by atoms with Crippen LogP contribution in [0.1, 0.15) is 83.1 Å². The third kappa shape index (κ3) is 6.85. The highest BCUT2D eigenvalue weighted by atomic mass is 16.5. The Hall–Kier alpha value is -0.980. The fraction of sp³-hybridized carbons (Fsp3) is 0.714. The van der Waals surface area contributed by atoms with Crippen LogP contribution in [0.2, 0.25) is 0 Å². The molecule has 1 aliphatic rings. The molecule has 0 saturated heterocycles. The van der Waals surface area contributed by atoms with Crippen LogP contribution in [0.15, 0.2) is 24.3 Å². The molecule has 0 amide bonds. The standard InChI is InChI=1S/C21H34O/c1-3-4-5-6-7-8-9-13-20(17-19-15-16-19)22-21-14-11-10-12-18(21)2/h10-12,14,19-20H,3-9,13,15-17H2,1-2H3. The minimum atomic E-state index is 0.434. The smallest absolute Gasteiger partial charge is 0.122 e. The van der Waals surface area contributed by atoms with Crippen molar-refractivity contribution in [2.45, 2.75) is 90.6 Å². The zero-order valence-corrected chi connectivity index (χ0v) is 14.7. The Kier molecular flexibility index (Phi) is 7.83. The van der Waals surface area contributed by atoms with Crippen LogP contribution in [0.5, 0.6) is 5.75 Å². The summed E-state index contributed by atoms with van der Waals surface area (Å²) in [7, 11) is 0. The zero-order valence-electron chi connectivity index (χ0n) is 14.7. The molecule has 0 heterocycles. The average Bonchev–Trinajstić information content (AvgIpc) is 3.32. The lowest BCUT2D eigenvalue weighted by atomic mass is 10.0. The fourth-order valence-corrected chi connectivity index (χ4v) is 3.15. The van der Waals surface area contributed by atoms with Gasteiger partial charge in [-0.3, -0.25) is 0 Å². The number of unbranched alkanes of at least 4 members (excludes halogenated alkanes) is 6. The van der Waals surface area contributed by atoms with Gasteiger partial charge >= 0.3 is 0 Å². The van der Waals surface area contributed by atoms with Gasteiger partial charge in [0.1, 0.15) is 5.75 Å². The molecule has 0 aromatic heterocycles. The number of ether oxygens (including phenoxy) is 1. The first-order valence-electron chi connectivity index (χ1n) is 9.52. The van der Waals surface area contributed by atoms with E-state index in [9.17, 15) is 0 Å². The van der Waals surface area contributed by atoms with E-state index in [2.05, 4.69) is 38.1 Å². The Bertz CT molecular complexity index is 408. The highest BCUT2D eigenvalue weighted by molar-refractivity contribution is 5.31. The van der Waals surface area contributed by atoms with Crippen molar-refractivity contribution in [3.63, 3.8) is 0 Å². The van der Waals surface area contributed by atoms with Crippen LogP contribution in [0.4, 0.5) is 0 Å². The Balaban J connectivity index is 1.69. The summed E-state index contributed by atoms with van der Waals surface area (Å²) in [4.78, 5) is 0. The van der Waals surface area contributed by atoms with Crippen molar-refractivity contribution in [1.82, 2.24) is 0 Å². The molecule has 0 aliphatic heterocycles. The Morgan fingerprint density at radius 2 is 1.68 bits per heavy atom. The largest absolute Gasteiger partial charge is 0.490 e. The van der Waals surface area contributed by atoms with Crippen molar-refractivity contribution in [3.8, 4) is 5.75 Å². The van der Waals surface area contributed by atoms with Gasteiger partial charge < -0.3 is 4.74 Å². The molecule has 0 bridgehead atoms. The average molecular weight is 303 g/mol. The highest BCUT2D eigenvalue weighted by Gasteiger charge is 2.26. The maximum absolute atomic E-state index is 6.34. The van der Waals surface area contributed by atoms with E-state index in [4.69, 9.17) is 4.74 Å². The molecule has 2 rings (SSSR count). The summed E-state index contributed by atoms with van der Waals surface area (Å²) in [6.07, 6.45) is 15.5. The molecule has 0 spiro atoms. The van der Waals surface area contributed by atoms with E-state index in [1.165, 1.54) is 76.2 Å². The van der Waals surface area contributed by atoms with Crippen molar-refractivity contribution < 1.29 is 4.74 Å². The third-order valence-electron chi connectivity index (χ3n) is 4.81. The molecular formula is C21H34O. The first kappa shape index (κ1) is 17.4. The number of para-hydroxylation sites is 1. The quantitative estimate of drug-likeness (QED) is 0.391. The molecule has 0 N–H and O–H groups in total. The van der Waals surface area contributed by atoms with Gasteiger partial charge in [0, 0.05) is 0 Å². The van der Waals surface area contributed by atoms with Gasteiger partial charge in [0.25, 0.3) is 0 Å². The molecule has 1 unspecified atom stereocenters. The molecule has 1 aliphatic carbocycles. The first-order chi connectivity index (χ1) is 10.8. The molecule has 124 valence electrons. The molecule has 1 heteroatoms. The van der Waals surface area contributed by atoms with Gasteiger partial charge in [0.15, 0.2) is 0 Å². The second-order valence-electron chi connectivity index (χ2n) is 7.09. The molecule has 1 atom stereocenters. The van der Waals surface area contributed by atoms with Crippen LogP contribution in [0.3, 0.4) is 0 Å². The Labute approximate surface area is 137 Å². The molecular weight excluding hydrogens is 268 g/mol. The summed E-state index contributed by atoms with van der Waals surface area (Å²) in [6.45, 7) is 4.43. The minimum absolute atomic E-state index is 0.434. The molecule has 1 aromatic carbocycles. The molecule has 1 fully saturated rings. The Morgan fingerprint density at radius 1 is 1.00 bits per heavy atom. The van der Waals surface area contributed by atoms with Crippen molar-refractivity contribution in [2.75, 3.05) is 0 Å². The lowest BCUT2D eigenvalue weighted by molar-refractivity contribution is 0.168. The lowest BCUT2D eigenvalue weighted by Crippen LogP contribution is -2.18. The van der Waals surface area contributed by atoms with E-state index in [-0.39, 0.29) is 0 Å². The SMILES string of the molecule is CCCCCCCCCC(CC1CC1)Oc1ccccc1C.